The minimum atomic E-state index is 0.920. The molecule has 0 fully saturated rings. The maximum atomic E-state index is 4.74. The lowest BCUT2D eigenvalue weighted by Crippen LogP contribution is -2.16. The number of benzene rings is 9. The Morgan fingerprint density at radius 2 is 0.808 bits per heavy atom. The largest absolute Gasteiger partial charge is 0.310 e. The molecule has 0 amide bonds. The van der Waals surface area contributed by atoms with Crippen LogP contribution in [0.4, 0.5) is 11.4 Å². The second kappa shape index (κ2) is 13.2. The van der Waals surface area contributed by atoms with Crippen LogP contribution in [0, 0.1) is 6.92 Å². The van der Waals surface area contributed by atoms with Gasteiger partial charge >= 0.3 is 0 Å². The summed E-state index contributed by atoms with van der Waals surface area (Å²) in [5.41, 5.74) is 12.6. The Kier molecular flexibility index (Phi) is 7.95. The fourth-order valence-electron chi connectivity index (χ4n) is 7.71. The molecule has 0 aliphatic heterocycles. The summed E-state index contributed by atoms with van der Waals surface area (Å²) in [5.74, 6) is 0. The molecular weight excluding hydrogens is 627 g/mol. The highest BCUT2D eigenvalue weighted by atomic mass is 15.1. The van der Waals surface area contributed by atoms with Crippen molar-refractivity contribution in [1.29, 1.82) is 0 Å². The van der Waals surface area contributed by atoms with Crippen LogP contribution < -0.4 is 4.90 Å². The van der Waals surface area contributed by atoms with Crippen molar-refractivity contribution in [3.8, 4) is 33.4 Å². The van der Waals surface area contributed by atoms with E-state index < -0.39 is 0 Å². The Morgan fingerprint density at radius 1 is 0.404 bits per heavy atom. The zero-order valence-corrected chi connectivity index (χ0v) is 29.1. The van der Waals surface area contributed by atoms with Crippen molar-refractivity contribution in [1.82, 2.24) is 0 Å². The Morgan fingerprint density at radius 3 is 1.29 bits per heavy atom. The lowest BCUT2D eigenvalue weighted by atomic mass is 9.95. The van der Waals surface area contributed by atoms with Gasteiger partial charge in [-0.2, -0.15) is 0 Å². The third kappa shape index (κ3) is 5.63. The average molecular weight is 664 g/mol. The van der Waals surface area contributed by atoms with Crippen molar-refractivity contribution in [3.63, 3.8) is 0 Å². The van der Waals surface area contributed by atoms with Gasteiger partial charge in [0.15, 0.2) is 0 Å². The molecule has 1 nitrogen and oxygen atoms in total. The topological polar surface area (TPSA) is 3.24 Å². The molecule has 9 aromatic rings. The molecule has 52 heavy (non-hydrogen) atoms. The van der Waals surface area contributed by atoms with Crippen LogP contribution in [0.2, 0.25) is 0 Å². The van der Waals surface area contributed by atoms with Crippen LogP contribution in [0.3, 0.4) is 0 Å². The molecule has 246 valence electrons. The van der Waals surface area contributed by atoms with Crippen molar-refractivity contribution < 1.29 is 0 Å². The van der Waals surface area contributed by atoms with E-state index in [2.05, 4.69) is 206 Å². The molecule has 0 heterocycles. The van der Waals surface area contributed by atoms with Crippen LogP contribution in [0.1, 0.15) is 11.1 Å². The summed E-state index contributed by atoms with van der Waals surface area (Å²) in [6.07, 6.45) is 0. The van der Waals surface area contributed by atoms with E-state index >= 15 is 0 Å². The molecule has 0 spiro atoms. The molecule has 0 radical (unpaired) electrons. The fourth-order valence-corrected chi connectivity index (χ4v) is 7.71. The highest BCUT2D eigenvalue weighted by Crippen LogP contribution is 2.40. The van der Waals surface area contributed by atoms with E-state index in [1.807, 2.05) is 0 Å². The van der Waals surface area contributed by atoms with Gasteiger partial charge in [0.25, 0.3) is 0 Å². The molecule has 0 aromatic heterocycles. The van der Waals surface area contributed by atoms with Gasteiger partial charge in [0, 0.05) is 17.1 Å². The van der Waals surface area contributed by atoms with Gasteiger partial charge in [-0.1, -0.05) is 176 Å². The molecule has 0 atom stereocenters. The summed E-state index contributed by atoms with van der Waals surface area (Å²) in [6.45, 7) is 6.95. The number of hydrogen-bond donors (Lipinski definition) is 0. The minimum absolute atomic E-state index is 0.920. The lowest BCUT2D eigenvalue weighted by molar-refractivity contribution is 1.26. The van der Waals surface area contributed by atoms with E-state index in [0.29, 0.717) is 0 Å². The molecule has 9 rings (SSSR count). The molecule has 0 unspecified atom stereocenters. The van der Waals surface area contributed by atoms with E-state index in [-0.39, 0.29) is 0 Å². The number of aryl methyl sites for hydroxylation is 1. The van der Waals surface area contributed by atoms with Crippen LogP contribution in [0.5, 0.6) is 0 Å². The SMILES string of the molecule is C=C(c1ccc(-c2cccc3ccccc23)cc1)N(c1ccc(-c2cccc3ccccc23)cc1)c1ccc(-c2cccc3ccccc23)cc1C. The third-order valence-electron chi connectivity index (χ3n) is 10.4. The highest BCUT2D eigenvalue weighted by molar-refractivity contribution is 6.00. The van der Waals surface area contributed by atoms with Gasteiger partial charge in [0.2, 0.25) is 0 Å². The number of nitrogens with zero attached hydrogens (tertiary/aromatic N) is 1. The maximum absolute atomic E-state index is 4.74. The molecule has 0 bridgehead atoms. The molecule has 0 aliphatic rings. The minimum Gasteiger partial charge on any atom is -0.310 e. The quantitative estimate of drug-likeness (QED) is 0.164. The molecule has 9 aromatic carbocycles. The van der Waals surface area contributed by atoms with E-state index in [0.717, 1.165) is 22.6 Å². The summed E-state index contributed by atoms with van der Waals surface area (Å²) in [4.78, 5) is 2.31. The molecule has 0 saturated heterocycles. The van der Waals surface area contributed by atoms with Gasteiger partial charge in [-0.05, 0) is 108 Å². The summed E-state index contributed by atoms with van der Waals surface area (Å²) in [6, 6.07) is 70.0. The van der Waals surface area contributed by atoms with Crippen molar-refractivity contribution in [2.24, 2.45) is 0 Å². The number of fused-ring (bicyclic) bond motifs is 3. The smallest absolute Gasteiger partial charge is 0.0491 e. The van der Waals surface area contributed by atoms with Crippen molar-refractivity contribution in [3.05, 3.63) is 212 Å². The van der Waals surface area contributed by atoms with Gasteiger partial charge in [-0.3, -0.25) is 0 Å². The number of hydrogen-bond acceptors (Lipinski definition) is 1. The predicted molar refractivity (Wildman–Crippen MR) is 224 cm³/mol. The van der Waals surface area contributed by atoms with Crippen molar-refractivity contribution in [2.75, 3.05) is 4.90 Å². The van der Waals surface area contributed by atoms with Gasteiger partial charge in [0.1, 0.15) is 0 Å². The number of rotatable bonds is 7. The van der Waals surface area contributed by atoms with E-state index in [1.54, 1.807) is 0 Å². The molecule has 0 saturated carbocycles. The van der Waals surface area contributed by atoms with Crippen LogP contribution in [0.15, 0.2) is 201 Å². The summed E-state index contributed by atoms with van der Waals surface area (Å²) in [7, 11) is 0. The molecule has 1 heteroatoms. The van der Waals surface area contributed by atoms with Gasteiger partial charge in [-0.15, -0.1) is 0 Å². The molecular formula is C51H37N. The van der Waals surface area contributed by atoms with Crippen LogP contribution >= 0.6 is 0 Å². The Labute approximate surface area is 305 Å². The van der Waals surface area contributed by atoms with Crippen LogP contribution in [-0.4, -0.2) is 0 Å². The first kappa shape index (κ1) is 31.3. The Balaban J connectivity index is 1.13. The van der Waals surface area contributed by atoms with Gasteiger partial charge in [0.05, 0.1) is 0 Å². The first-order valence-electron chi connectivity index (χ1n) is 17.9. The maximum Gasteiger partial charge on any atom is 0.0491 e. The zero-order valence-electron chi connectivity index (χ0n) is 29.1. The second-order valence-corrected chi connectivity index (χ2v) is 13.5. The summed E-state index contributed by atoms with van der Waals surface area (Å²) < 4.78 is 0. The van der Waals surface area contributed by atoms with Crippen molar-refractivity contribution in [2.45, 2.75) is 6.92 Å². The summed E-state index contributed by atoms with van der Waals surface area (Å²) in [5, 5.41) is 7.50. The first-order valence-corrected chi connectivity index (χ1v) is 17.9. The van der Waals surface area contributed by atoms with Crippen molar-refractivity contribution >= 4 is 49.4 Å². The average Bonchev–Trinajstić information content (AvgIpc) is 3.21. The van der Waals surface area contributed by atoms with E-state index in [9.17, 15) is 0 Å². The molecule has 0 N–H and O–H groups in total. The van der Waals surface area contributed by atoms with Gasteiger partial charge in [-0.25, -0.2) is 0 Å². The number of anilines is 2. The fraction of sp³-hybridized carbons (Fsp3) is 0.0196. The zero-order chi connectivity index (χ0) is 35.0. The van der Waals surface area contributed by atoms with Gasteiger partial charge < -0.3 is 4.90 Å². The Bertz CT molecular complexity index is 2740. The van der Waals surface area contributed by atoms with E-state index in [4.69, 9.17) is 6.58 Å². The second-order valence-electron chi connectivity index (χ2n) is 13.5. The predicted octanol–water partition coefficient (Wildman–Crippen LogP) is 14.3. The first-order chi connectivity index (χ1) is 25.6. The monoisotopic (exact) mass is 663 g/mol. The standard InChI is InChI=1S/C51H37N/c1-35-34-43(50-23-11-17-40-14-5-8-20-47(40)50)30-33-51(35)52(44-31-28-42(29-32-44)49-22-10-16-39-13-4-7-19-46(39)49)36(2)37-24-26-41(27-25-37)48-21-9-15-38-12-3-6-18-45(38)48/h3-34H,2H2,1H3. The Hall–Kier alpha value is -6.70. The lowest BCUT2D eigenvalue weighted by Gasteiger charge is -2.29. The van der Waals surface area contributed by atoms with Crippen LogP contribution in [0.25, 0.3) is 71.4 Å². The highest BCUT2D eigenvalue weighted by Gasteiger charge is 2.19. The van der Waals surface area contributed by atoms with E-state index in [1.165, 1.54) is 71.3 Å². The summed E-state index contributed by atoms with van der Waals surface area (Å²) >= 11 is 0. The third-order valence-corrected chi connectivity index (χ3v) is 10.4. The molecule has 0 aliphatic carbocycles. The normalized spacial score (nSPS) is 11.2. The van der Waals surface area contributed by atoms with Crippen LogP contribution in [-0.2, 0) is 0 Å².